The number of pyridine rings is 1. The molecule has 0 bridgehead atoms. The number of hydrogen-bond acceptors (Lipinski definition) is 5. The average Bonchev–Trinajstić information content (AvgIpc) is 2.89. The van der Waals surface area contributed by atoms with Crippen molar-refractivity contribution in [2.24, 2.45) is 0 Å². The number of amides is 1. The number of Topliss-reactive ketones (excluding diaryl/α,β-unsaturated/α-hetero) is 1. The molecule has 0 spiro atoms. The van der Waals surface area contributed by atoms with Gasteiger partial charge in [-0.3, -0.25) is 9.59 Å². The molecule has 5 nitrogen and oxygen atoms in total. The van der Waals surface area contributed by atoms with Gasteiger partial charge in [0.2, 0.25) is 5.91 Å². The van der Waals surface area contributed by atoms with E-state index in [1.807, 2.05) is 19.9 Å². The molecule has 10 heteroatoms. The van der Waals surface area contributed by atoms with Gasteiger partial charge in [-0.25, -0.2) is 4.98 Å². The normalized spacial score (nSPS) is 15.2. The number of hydrogen-bond donors (Lipinski definition) is 0. The number of anilines is 1. The van der Waals surface area contributed by atoms with E-state index in [0.29, 0.717) is 38.2 Å². The van der Waals surface area contributed by atoms with Crippen LogP contribution in [0.5, 0.6) is 0 Å². The molecule has 0 unspecified atom stereocenters. The van der Waals surface area contributed by atoms with Crippen molar-refractivity contribution in [2.75, 3.05) is 31.1 Å². The predicted molar refractivity (Wildman–Crippen MR) is 115 cm³/mol. The lowest BCUT2D eigenvalue weighted by molar-refractivity contribution is -0.137. The van der Waals surface area contributed by atoms with E-state index in [-0.39, 0.29) is 35.4 Å². The Morgan fingerprint density at radius 3 is 2.48 bits per heavy atom. The Morgan fingerprint density at radius 1 is 1.13 bits per heavy atom. The van der Waals surface area contributed by atoms with Crippen LogP contribution in [-0.4, -0.2) is 47.8 Å². The van der Waals surface area contributed by atoms with Crippen LogP contribution in [-0.2, 0) is 11.0 Å². The fraction of sp³-hybridized carbons (Fsp3) is 0.476. The van der Waals surface area contributed by atoms with E-state index in [1.54, 1.807) is 21.1 Å². The summed E-state index contributed by atoms with van der Waals surface area (Å²) in [5.74, 6) is 0.140. The van der Waals surface area contributed by atoms with Crippen molar-refractivity contribution in [1.82, 2.24) is 9.88 Å². The Hall–Kier alpha value is -2.13. The first-order chi connectivity index (χ1) is 14.6. The van der Waals surface area contributed by atoms with Gasteiger partial charge in [-0.2, -0.15) is 13.2 Å². The summed E-state index contributed by atoms with van der Waals surface area (Å²) in [4.78, 5) is 34.5. The molecule has 0 aromatic carbocycles. The second-order valence-corrected chi connectivity index (χ2v) is 9.37. The smallest absolute Gasteiger partial charge is 0.354 e. The molecular weight excluding hydrogens is 451 g/mol. The van der Waals surface area contributed by atoms with Crippen LogP contribution >= 0.6 is 22.9 Å². The topological polar surface area (TPSA) is 53.5 Å². The second-order valence-electron chi connectivity index (χ2n) is 7.50. The maximum absolute atomic E-state index is 12.8. The third-order valence-electron chi connectivity index (χ3n) is 5.20. The van der Waals surface area contributed by atoms with E-state index in [0.717, 1.165) is 22.0 Å². The van der Waals surface area contributed by atoms with E-state index in [9.17, 15) is 22.8 Å². The zero-order chi connectivity index (χ0) is 22.8. The molecule has 1 amide bonds. The van der Waals surface area contributed by atoms with Gasteiger partial charge in [0, 0.05) is 60.5 Å². The fourth-order valence-electron chi connectivity index (χ4n) is 3.62. The Balaban J connectivity index is 1.58. The highest BCUT2D eigenvalue weighted by atomic mass is 35.5. The van der Waals surface area contributed by atoms with Crippen LogP contribution in [0.4, 0.5) is 19.0 Å². The Bertz CT molecular complexity index is 977. The van der Waals surface area contributed by atoms with Crippen LogP contribution < -0.4 is 4.90 Å². The van der Waals surface area contributed by atoms with E-state index in [4.69, 9.17) is 11.6 Å². The maximum Gasteiger partial charge on any atom is 0.417 e. The van der Waals surface area contributed by atoms with Gasteiger partial charge in [0.05, 0.1) is 10.6 Å². The summed E-state index contributed by atoms with van der Waals surface area (Å²) in [6.07, 6.45) is -2.82. The molecule has 2 aromatic rings. The summed E-state index contributed by atoms with van der Waals surface area (Å²) in [6.45, 7) is 5.67. The number of ketones is 1. The van der Waals surface area contributed by atoms with Crippen LogP contribution in [0.2, 0.25) is 5.02 Å². The van der Waals surface area contributed by atoms with Gasteiger partial charge in [-0.1, -0.05) is 11.6 Å². The molecule has 0 atom stereocenters. The first-order valence-electron chi connectivity index (χ1n) is 9.92. The molecule has 2 aromatic heterocycles. The third kappa shape index (κ3) is 5.77. The fourth-order valence-corrected chi connectivity index (χ4v) is 4.85. The number of carbonyl (C=O) groups is 2. The second kappa shape index (κ2) is 9.56. The lowest BCUT2D eigenvalue weighted by Crippen LogP contribution is -2.35. The molecule has 1 aliphatic rings. The van der Waals surface area contributed by atoms with Crippen molar-refractivity contribution in [3.8, 4) is 0 Å². The predicted octanol–water partition coefficient (Wildman–Crippen LogP) is 5.13. The van der Waals surface area contributed by atoms with Crippen LogP contribution in [0.15, 0.2) is 18.3 Å². The average molecular weight is 474 g/mol. The van der Waals surface area contributed by atoms with Crippen LogP contribution in [0, 0.1) is 13.8 Å². The summed E-state index contributed by atoms with van der Waals surface area (Å²) in [5.41, 5.74) is -0.214. The monoisotopic (exact) mass is 473 g/mol. The highest BCUT2D eigenvalue weighted by Gasteiger charge is 2.32. The number of nitrogens with zero attached hydrogens (tertiary/aromatic N) is 3. The van der Waals surface area contributed by atoms with Crippen LogP contribution in [0.25, 0.3) is 0 Å². The minimum atomic E-state index is -4.51. The van der Waals surface area contributed by atoms with Crippen molar-refractivity contribution >= 4 is 40.4 Å². The lowest BCUT2D eigenvalue weighted by Gasteiger charge is -2.24. The number of aromatic nitrogens is 1. The standard InChI is InChI=1S/C21H23ClF3N3O2S/c1-13-10-16(14(2)31-13)18(29)4-5-19(30)27-6-3-7-28(9-8-27)20-17(22)11-15(12-26-20)21(23,24)25/h10-12H,3-9H2,1-2H3. The summed E-state index contributed by atoms with van der Waals surface area (Å²) >= 11 is 7.62. The van der Waals surface area contributed by atoms with E-state index >= 15 is 0 Å². The molecule has 0 aliphatic carbocycles. The van der Waals surface area contributed by atoms with Crippen LogP contribution in [0.1, 0.15) is 44.9 Å². The Kier molecular flexibility index (Phi) is 7.26. The van der Waals surface area contributed by atoms with Crippen LogP contribution in [0.3, 0.4) is 0 Å². The molecule has 168 valence electrons. The number of aryl methyl sites for hydroxylation is 2. The van der Waals surface area contributed by atoms with E-state index < -0.39 is 11.7 Å². The number of thiophene rings is 1. The minimum Gasteiger partial charge on any atom is -0.354 e. The van der Waals surface area contributed by atoms with Gasteiger partial charge in [-0.05, 0) is 32.4 Å². The molecule has 0 N–H and O–H groups in total. The molecule has 31 heavy (non-hydrogen) atoms. The third-order valence-corrected chi connectivity index (χ3v) is 6.45. The molecule has 1 fully saturated rings. The quantitative estimate of drug-likeness (QED) is 0.565. The lowest BCUT2D eigenvalue weighted by atomic mass is 10.1. The van der Waals surface area contributed by atoms with Gasteiger partial charge >= 0.3 is 6.18 Å². The molecule has 3 rings (SSSR count). The number of rotatable bonds is 5. The number of halogens is 4. The zero-order valence-electron chi connectivity index (χ0n) is 17.3. The molecular formula is C21H23ClF3N3O2S. The summed E-state index contributed by atoms with van der Waals surface area (Å²) in [7, 11) is 0. The highest BCUT2D eigenvalue weighted by molar-refractivity contribution is 7.12. The molecule has 0 saturated carbocycles. The molecule has 3 heterocycles. The van der Waals surface area contributed by atoms with Crippen molar-refractivity contribution in [1.29, 1.82) is 0 Å². The van der Waals surface area contributed by atoms with Crippen molar-refractivity contribution < 1.29 is 22.8 Å². The van der Waals surface area contributed by atoms with Gasteiger partial charge in [0.25, 0.3) is 0 Å². The largest absolute Gasteiger partial charge is 0.417 e. The highest BCUT2D eigenvalue weighted by Crippen LogP contribution is 2.33. The first kappa shape index (κ1) is 23.5. The zero-order valence-corrected chi connectivity index (χ0v) is 18.8. The van der Waals surface area contributed by atoms with E-state index in [2.05, 4.69) is 4.98 Å². The number of carbonyl (C=O) groups excluding carboxylic acids is 2. The first-order valence-corrected chi connectivity index (χ1v) is 11.1. The molecule has 0 radical (unpaired) electrons. The molecule has 1 aliphatic heterocycles. The van der Waals surface area contributed by atoms with E-state index in [1.165, 1.54) is 0 Å². The maximum atomic E-state index is 12.8. The summed E-state index contributed by atoms with van der Waals surface area (Å²) < 4.78 is 38.5. The number of alkyl halides is 3. The van der Waals surface area contributed by atoms with Crippen molar-refractivity contribution in [3.05, 3.63) is 44.2 Å². The van der Waals surface area contributed by atoms with Crippen molar-refractivity contribution in [3.63, 3.8) is 0 Å². The van der Waals surface area contributed by atoms with Gasteiger partial charge < -0.3 is 9.80 Å². The van der Waals surface area contributed by atoms with Gasteiger partial charge in [0.15, 0.2) is 5.78 Å². The summed E-state index contributed by atoms with van der Waals surface area (Å²) in [6, 6.07) is 2.73. The van der Waals surface area contributed by atoms with Crippen molar-refractivity contribution in [2.45, 2.75) is 39.3 Å². The SMILES string of the molecule is Cc1cc(C(=O)CCC(=O)N2CCCN(c3ncc(C(F)(F)F)cc3Cl)CC2)c(C)s1. The van der Waals surface area contributed by atoms with Gasteiger partial charge in [-0.15, -0.1) is 11.3 Å². The van der Waals surface area contributed by atoms with Gasteiger partial charge in [0.1, 0.15) is 5.82 Å². The summed E-state index contributed by atoms with van der Waals surface area (Å²) in [5, 5.41) is -0.0679. The minimum absolute atomic E-state index is 0.0348. The Labute approximate surface area is 187 Å². The molecule has 1 saturated heterocycles. The Morgan fingerprint density at radius 2 is 1.87 bits per heavy atom.